The van der Waals surface area contributed by atoms with Gasteiger partial charge in [-0.3, -0.25) is 9.79 Å². The van der Waals surface area contributed by atoms with Crippen LogP contribution in [-0.2, 0) is 4.79 Å². The molecule has 0 spiro atoms. The summed E-state index contributed by atoms with van der Waals surface area (Å²) < 4.78 is 0. The summed E-state index contributed by atoms with van der Waals surface area (Å²) >= 11 is 0. The lowest BCUT2D eigenvalue weighted by molar-refractivity contribution is -0.123. The van der Waals surface area contributed by atoms with Crippen LogP contribution in [0.25, 0.3) is 0 Å². The van der Waals surface area contributed by atoms with E-state index in [0.717, 1.165) is 18.5 Å². The topological polar surface area (TPSA) is 79.5 Å². The van der Waals surface area contributed by atoms with Crippen LogP contribution in [0.2, 0.25) is 0 Å². The van der Waals surface area contributed by atoms with Crippen molar-refractivity contribution in [3.05, 3.63) is 29.8 Å². The number of amides is 1. The zero-order valence-electron chi connectivity index (χ0n) is 15.1. The van der Waals surface area contributed by atoms with Gasteiger partial charge in [-0.2, -0.15) is 0 Å². The van der Waals surface area contributed by atoms with Crippen molar-refractivity contribution in [1.29, 1.82) is 0 Å². The van der Waals surface area contributed by atoms with Gasteiger partial charge in [0.25, 0.3) is 0 Å². The van der Waals surface area contributed by atoms with Gasteiger partial charge in [-0.05, 0) is 36.5 Å². The molecule has 5 nitrogen and oxygen atoms in total. The maximum atomic E-state index is 11.4. The molecule has 1 atom stereocenters. The van der Waals surface area contributed by atoms with Crippen LogP contribution in [0.5, 0.6) is 0 Å². The maximum Gasteiger partial charge on any atom is 0.222 e. The molecule has 0 aliphatic heterocycles. The van der Waals surface area contributed by atoms with Gasteiger partial charge >= 0.3 is 0 Å². The SMILES string of the molecule is CCC(C)c1ccc(NC(N)=NCCCNC(=O)C(C)C)cc1.I. The molecule has 1 amide bonds. The molecule has 1 aromatic rings. The van der Waals surface area contributed by atoms with E-state index in [1.807, 2.05) is 26.0 Å². The Labute approximate surface area is 162 Å². The van der Waals surface area contributed by atoms with Crippen molar-refractivity contribution in [1.82, 2.24) is 5.32 Å². The van der Waals surface area contributed by atoms with E-state index in [9.17, 15) is 4.79 Å². The van der Waals surface area contributed by atoms with Gasteiger partial charge in [0.15, 0.2) is 5.96 Å². The van der Waals surface area contributed by atoms with Crippen LogP contribution in [0.15, 0.2) is 29.3 Å². The first-order chi connectivity index (χ1) is 10.9. The van der Waals surface area contributed by atoms with Gasteiger partial charge in [0, 0.05) is 24.7 Å². The van der Waals surface area contributed by atoms with Crippen molar-refractivity contribution < 1.29 is 4.79 Å². The standard InChI is InChI=1S/C18H30N4O.HI/c1-5-14(4)15-7-9-16(10-8-15)22-18(19)21-12-6-11-20-17(23)13(2)3;/h7-10,13-14H,5-6,11-12H2,1-4H3,(H,20,23)(H3,19,21,22);1H. The number of benzene rings is 1. The highest BCUT2D eigenvalue weighted by Crippen LogP contribution is 2.20. The van der Waals surface area contributed by atoms with Gasteiger partial charge < -0.3 is 16.4 Å². The average molecular weight is 446 g/mol. The molecule has 0 aliphatic carbocycles. The number of nitrogens with zero attached hydrogens (tertiary/aromatic N) is 1. The van der Waals surface area contributed by atoms with E-state index < -0.39 is 0 Å². The summed E-state index contributed by atoms with van der Waals surface area (Å²) in [6.45, 7) is 9.37. The van der Waals surface area contributed by atoms with E-state index in [2.05, 4.69) is 41.6 Å². The Kier molecular flexibility index (Phi) is 11.4. The highest BCUT2D eigenvalue weighted by atomic mass is 127. The van der Waals surface area contributed by atoms with Crippen LogP contribution in [0.3, 0.4) is 0 Å². The fraction of sp³-hybridized carbons (Fsp3) is 0.556. The summed E-state index contributed by atoms with van der Waals surface area (Å²) in [6.07, 6.45) is 1.90. The molecule has 4 N–H and O–H groups in total. The van der Waals surface area contributed by atoms with Crippen LogP contribution < -0.4 is 16.4 Å². The lowest BCUT2D eigenvalue weighted by Crippen LogP contribution is -2.29. The number of guanidine groups is 1. The van der Waals surface area contributed by atoms with Crippen molar-refractivity contribution in [2.24, 2.45) is 16.6 Å². The number of halogens is 1. The minimum Gasteiger partial charge on any atom is -0.370 e. The Hall–Kier alpha value is -1.31. The molecule has 136 valence electrons. The van der Waals surface area contributed by atoms with E-state index in [1.165, 1.54) is 5.56 Å². The lowest BCUT2D eigenvalue weighted by Gasteiger charge is -2.11. The predicted octanol–water partition coefficient (Wildman–Crippen LogP) is 3.71. The molecule has 0 bridgehead atoms. The van der Waals surface area contributed by atoms with Crippen molar-refractivity contribution in [3.63, 3.8) is 0 Å². The van der Waals surface area contributed by atoms with E-state index in [-0.39, 0.29) is 35.8 Å². The molecule has 0 saturated heterocycles. The van der Waals surface area contributed by atoms with E-state index in [4.69, 9.17) is 5.73 Å². The molecule has 0 fully saturated rings. The molecule has 0 heterocycles. The van der Waals surface area contributed by atoms with Crippen LogP contribution in [0, 0.1) is 5.92 Å². The number of carbonyl (C=O) groups excluding carboxylic acids is 1. The number of hydrogen-bond donors (Lipinski definition) is 3. The van der Waals surface area contributed by atoms with Crippen molar-refractivity contribution in [2.45, 2.75) is 46.5 Å². The first-order valence-electron chi connectivity index (χ1n) is 8.38. The molecule has 0 aliphatic rings. The summed E-state index contributed by atoms with van der Waals surface area (Å²) in [5.74, 6) is 1.05. The van der Waals surface area contributed by atoms with Crippen molar-refractivity contribution in [2.75, 3.05) is 18.4 Å². The quantitative estimate of drug-likeness (QED) is 0.247. The fourth-order valence-corrected chi connectivity index (χ4v) is 2.01. The molecule has 0 radical (unpaired) electrons. The molecular weight excluding hydrogens is 415 g/mol. The molecular formula is C18H31IN4O. The third-order valence-electron chi connectivity index (χ3n) is 3.81. The van der Waals surface area contributed by atoms with Gasteiger partial charge in [0.2, 0.25) is 5.91 Å². The molecule has 24 heavy (non-hydrogen) atoms. The highest BCUT2D eigenvalue weighted by Gasteiger charge is 2.05. The van der Waals surface area contributed by atoms with Crippen molar-refractivity contribution in [3.8, 4) is 0 Å². The maximum absolute atomic E-state index is 11.4. The van der Waals surface area contributed by atoms with Crippen LogP contribution >= 0.6 is 24.0 Å². The number of aliphatic imine (C=N–C) groups is 1. The highest BCUT2D eigenvalue weighted by molar-refractivity contribution is 14.0. The first-order valence-corrected chi connectivity index (χ1v) is 8.38. The smallest absolute Gasteiger partial charge is 0.222 e. The molecule has 0 aromatic heterocycles. The van der Waals surface area contributed by atoms with Gasteiger partial charge in [-0.25, -0.2) is 0 Å². The molecule has 0 saturated carbocycles. The van der Waals surface area contributed by atoms with E-state index in [1.54, 1.807) is 0 Å². The predicted molar refractivity (Wildman–Crippen MR) is 113 cm³/mol. The average Bonchev–Trinajstić information content (AvgIpc) is 2.54. The summed E-state index contributed by atoms with van der Waals surface area (Å²) in [5.41, 5.74) is 8.14. The monoisotopic (exact) mass is 446 g/mol. The molecule has 1 aromatic carbocycles. The Morgan fingerprint density at radius 1 is 1.21 bits per heavy atom. The fourth-order valence-electron chi connectivity index (χ4n) is 2.01. The second kappa shape index (κ2) is 12.1. The van der Waals surface area contributed by atoms with Crippen LogP contribution in [0.1, 0.15) is 52.0 Å². The minimum absolute atomic E-state index is 0. The Balaban J connectivity index is 0.00000529. The first kappa shape index (κ1) is 22.7. The summed E-state index contributed by atoms with van der Waals surface area (Å²) in [6, 6.07) is 8.27. The summed E-state index contributed by atoms with van der Waals surface area (Å²) in [7, 11) is 0. The van der Waals surface area contributed by atoms with Gasteiger partial charge in [0.1, 0.15) is 0 Å². The largest absolute Gasteiger partial charge is 0.370 e. The number of carbonyl (C=O) groups is 1. The summed E-state index contributed by atoms with van der Waals surface area (Å²) in [5, 5.41) is 5.94. The Bertz CT molecular complexity index is 514. The number of nitrogens with two attached hydrogens (primary N) is 1. The third kappa shape index (κ3) is 8.52. The van der Waals surface area contributed by atoms with Crippen LogP contribution in [-0.4, -0.2) is 25.0 Å². The van der Waals surface area contributed by atoms with Gasteiger partial charge in [-0.15, -0.1) is 24.0 Å². The Morgan fingerprint density at radius 2 is 1.83 bits per heavy atom. The minimum atomic E-state index is 0. The zero-order chi connectivity index (χ0) is 17.2. The third-order valence-corrected chi connectivity index (χ3v) is 3.81. The molecule has 6 heteroatoms. The van der Waals surface area contributed by atoms with Gasteiger partial charge in [-0.1, -0.05) is 39.8 Å². The zero-order valence-corrected chi connectivity index (χ0v) is 17.5. The van der Waals surface area contributed by atoms with Crippen LogP contribution in [0.4, 0.5) is 5.69 Å². The molecule has 1 rings (SSSR count). The number of anilines is 1. The summed E-state index contributed by atoms with van der Waals surface area (Å²) in [4.78, 5) is 15.7. The lowest BCUT2D eigenvalue weighted by atomic mass is 9.99. The number of nitrogens with one attached hydrogen (secondary N) is 2. The normalized spacial score (nSPS) is 12.5. The van der Waals surface area contributed by atoms with E-state index in [0.29, 0.717) is 25.0 Å². The number of rotatable bonds is 8. The number of hydrogen-bond acceptors (Lipinski definition) is 2. The second-order valence-electron chi connectivity index (χ2n) is 6.12. The van der Waals surface area contributed by atoms with Crippen molar-refractivity contribution >= 4 is 41.5 Å². The van der Waals surface area contributed by atoms with Gasteiger partial charge in [0.05, 0.1) is 0 Å². The second-order valence-corrected chi connectivity index (χ2v) is 6.12. The molecule has 1 unspecified atom stereocenters. The van der Waals surface area contributed by atoms with E-state index >= 15 is 0 Å². The Morgan fingerprint density at radius 3 is 2.38 bits per heavy atom.